The molecule has 3 aromatic rings. The van der Waals surface area contributed by atoms with E-state index in [0.717, 1.165) is 39.7 Å². The second-order valence-corrected chi connectivity index (χ2v) is 5.56. The summed E-state index contributed by atoms with van der Waals surface area (Å²) in [6.07, 6.45) is 2.82. The first-order valence-electron chi connectivity index (χ1n) is 7.78. The normalized spacial score (nSPS) is 13.7. The van der Waals surface area contributed by atoms with E-state index in [2.05, 4.69) is 21.4 Å². The summed E-state index contributed by atoms with van der Waals surface area (Å²) in [5.41, 5.74) is 4.86. The number of carbonyl (C=O) groups excluding carboxylic acids is 1. The predicted molar refractivity (Wildman–Crippen MR) is 88.7 cm³/mol. The van der Waals surface area contributed by atoms with Crippen LogP contribution in [-0.2, 0) is 6.42 Å². The zero-order valence-electron chi connectivity index (χ0n) is 12.8. The van der Waals surface area contributed by atoms with Crippen LogP contribution in [0.2, 0.25) is 0 Å². The lowest BCUT2D eigenvalue weighted by atomic mass is 9.95. The number of nitrogens with zero attached hydrogens (tertiary/aromatic N) is 1. The molecule has 0 spiro atoms. The number of aromatic amines is 1. The molecule has 0 atom stereocenters. The van der Waals surface area contributed by atoms with Crippen molar-refractivity contribution in [3.05, 3.63) is 47.7 Å². The van der Waals surface area contributed by atoms with Crippen LogP contribution < -0.4 is 10.1 Å². The minimum atomic E-state index is 0.0137. The molecule has 0 radical (unpaired) electrons. The van der Waals surface area contributed by atoms with Crippen molar-refractivity contribution in [3.8, 4) is 17.0 Å². The molecule has 2 aromatic heterocycles. The summed E-state index contributed by atoms with van der Waals surface area (Å²) in [4.78, 5) is 19.5. The van der Waals surface area contributed by atoms with Crippen LogP contribution >= 0.6 is 0 Å². The molecule has 5 nitrogen and oxygen atoms in total. The number of nitrogens with one attached hydrogen (secondary N) is 2. The first kappa shape index (κ1) is 13.8. The zero-order valence-corrected chi connectivity index (χ0v) is 12.8. The average Bonchev–Trinajstić information content (AvgIpc) is 2.98. The summed E-state index contributed by atoms with van der Waals surface area (Å²) < 4.78 is 5.44. The van der Waals surface area contributed by atoms with Crippen LogP contribution in [-0.4, -0.2) is 29.0 Å². The quantitative estimate of drug-likeness (QED) is 0.782. The first-order valence-corrected chi connectivity index (χ1v) is 7.78. The lowest BCUT2D eigenvalue weighted by Gasteiger charge is -2.17. The smallest absolute Gasteiger partial charge is 0.251 e. The van der Waals surface area contributed by atoms with E-state index >= 15 is 0 Å². The highest BCUT2D eigenvalue weighted by atomic mass is 16.5. The molecular weight excluding hydrogens is 290 g/mol. The van der Waals surface area contributed by atoms with Crippen LogP contribution in [0.4, 0.5) is 0 Å². The van der Waals surface area contributed by atoms with E-state index in [9.17, 15) is 4.79 Å². The molecule has 116 valence electrons. The van der Waals surface area contributed by atoms with Gasteiger partial charge in [-0.2, -0.15) is 4.98 Å². The highest BCUT2D eigenvalue weighted by molar-refractivity contribution is 5.99. The lowest BCUT2D eigenvalue weighted by molar-refractivity contribution is 0.0946. The van der Waals surface area contributed by atoms with Crippen LogP contribution in [0.25, 0.3) is 22.2 Å². The van der Waals surface area contributed by atoms with Gasteiger partial charge in [0.25, 0.3) is 5.91 Å². The third-order valence-electron chi connectivity index (χ3n) is 4.15. The molecule has 0 aliphatic carbocycles. The Bertz CT molecular complexity index is 898. The fourth-order valence-electron chi connectivity index (χ4n) is 3.05. The van der Waals surface area contributed by atoms with E-state index in [4.69, 9.17) is 4.74 Å². The molecule has 2 N–H and O–H groups in total. The van der Waals surface area contributed by atoms with Crippen molar-refractivity contribution >= 4 is 16.9 Å². The molecule has 1 aliphatic rings. The van der Waals surface area contributed by atoms with Crippen molar-refractivity contribution in [2.45, 2.75) is 13.3 Å². The number of pyridine rings is 1. The van der Waals surface area contributed by atoms with Gasteiger partial charge in [0.2, 0.25) is 5.88 Å². The number of benzene rings is 1. The fraction of sp³-hybridized carbons (Fsp3) is 0.222. The fourth-order valence-corrected chi connectivity index (χ4v) is 3.05. The minimum Gasteiger partial charge on any atom is -0.478 e. The molecule has 5 heteroatoms. The maximum Gasteiger partial charge on any atom is 0.251 e. The molecule has 3 heterocycles. The maximum atomic E-state index is 11.9. The van der Waals surface area contributed by atoms with E-state index in [1.165, 1.54) is 0 Å². The van der Waals surface area contributed by atoms with E-state index in [-0.39, 0.29) is 5.91 Å². The molecule has 1 aliphatic heterocycles. The van der Waals surface area contributed by atoms with Gasteiger partial charge in [-0.05, 0) is 36.6 Å². The van der Waals surface area contributed by atoms with Gasteiger partial charge in [0.15, 0.2) is 0 Å². The van der Waals surface area contributed by atoms with Gasteiger partial charge in [-0.1, -0.05) is 12.1 Å². The highest BCUT2D eigenvalue weighted by Crippen LogP contribution is 2.31. The molecule has 0 bridgehead atoms. The van der Waals surface area contributed by atoms with Crippen molar-refractivity contribution < 1.29 is 9.53 Å². The third kappa shape index (κ3) is 2.34. The largest absolute Gasteiger partial charge is 0.478 e. The summed E-state index contributed by atoms with van der Waals surface area (Å²) in [6.45, 7) is 3.23. The first-order chi connectivity index (χ1) is 11.3. The van der Waals surface area contributed by atoms with E-state index in [0.29, 0.717) is 19.0 Å². The molecule has 0 saturated heterocycles. The Labute approximate surface area is 133 Å². The van der Waals surface area contributed by atoms with Crippen LogP contribution in [0.3, 0.4) is 0 Å². The van der Waals surface area contributed by atoms with Crippen LogP contribution in [0.1, 0.15) is 22.8 Å². The van der Waals surface area contributed by atoms with Gasteiger partial charge < -0.3 is 15.0 Å². The predicted octanol–water partition coefficient (Wildman–Crippen LogP) is 2.91. The number of fused-ring (bicyclic) bond motifs is 2. The number of carbonyl (C=O) groups is 1. The highest BCUT2D eigenvalue weighted by Gasteiger charge is 2.17. The van der Waals surface area contributed by atoms with Gasteiger partial charge in [-0.25, -0.2) is 0 Å². The monoisotopic (exact) mass is 307 g/mol. The van der Waals surface area contributed by atoms with Crippen LogP contribution in [0.5, 0.6) is 5.88 Å². The summed E-state index contributed by atoms with van der Waals surface area (Å²) in [5.74, 6) is 0.635. The van der Waals surface area contributed by atoms with Gasteiger partial charge in [0.1, 0.15) is 5.65 Å². The molecule has 1 aromatic carbocycles. The van der Waals surface area contributed by atoms with Crippen molar-refractivity contribution in [2.75, 3.05) is 13.2 Å². The van der Waals surface area contributed by atoms with Crippen molar-refractivity contribution in [2.24, 2.45) is 0 Å². The Morgan fingerprint density at radius 2 is 2.13 bits per heavy atom. The van der Waals surface area contributed by atoms with Crippen LogP contribution in [0.15, 0.2) is 36.5 Å². The third-order valence-corrected chi connectivity index (χ3v) is 4.15. The Morgan fingerprint density at radius 3 is 3.00 bits per heavy atom. The van der Waals surface area contributed by atoms with E-state index in [1.54, 1.807) is 0 Å². The van der Waals surface area contributed by atoms with Crippen molar-refractivity contribution in [3.63, 3.8) is 0 Å². The van der Waals surface area contributed by atoms with Crippen molar-refractivity contribution in [1.82, 2.24) is 15.3 Å². The number of hydrogen-bond donors (Lipinski definition) is 2. The van der Waals surface area contributed by atoms with Crippen molar-refractivity contribution in [1.29, 1.82) is 0 Å². The van der Waals surface area contributed by atoms with Gasteiger partial charge in [-0.3, -0.25) is 4.79 Å². The Kier molecular flexibility index (Phi) is 3.26. The van der Waals surface area contributed by atoms with Crippen LogP contribution in [0, 0.1) is 0 Å². The number of ether oxygens (including phenoxy) is 1. The molecule has 0 saturated carbocycles. The molecule has 1 amide bonds. The molecule has 23 heavy (non-hydrogen) atoms. The molecule has 0 unspecified atom stereocenters. The van der Waals surface area contributed by atoms with Gasteiger partial charge in [-0.15, -0.1) is 0 Å². The number of H-pyrrole nitrogens is 1. The van der Waals surface area contributed by atoms with E-state index in [1.807, 2.05) is 37.4 Å². The Hall–Kier alpha value is -2.82. The molecule has 4 rings (SSSR count). The number of aromatic nitrogens is 2. The Morgan fingerprint density at radius 1 is 1.22 bits per heavy atom. The molecular formula is C18H17N3O2. The summed E-state index contributed by atoms with van der Waals surface area (Å²) >= 11 is 0. The second-order valence-electron chi connectivity index (χ2n) is 5.56. The maximum absolute atomic E-state index is 11.9. The summed E-state index contributed by atoms with van der Waals surface area (Å²) in [6, 6.07) is 9.90. The average molecular weight is 307 g/mol. The van der Waals surface area contributed by atoms with E-state index < -0.39 is 0 Å². The number of rotatable bonds is 3. The number of hydrogen-bond acceptors (Lipinski definition) is 3. The Balaban J connectivity index is 1.78. The minimum absolute atomic E-state index is 0.0137. The lowest BCUT2D eigenvalue weighted by Crippen LogP contribution is -2.31. The summed E-state index contributed by atoms with van der Waals surface area (Å²) in [5, 5.41) is 3.92. The SMILES string of the molecule is CCOc1ccc2c(-c3ccc4c(c3)CCNC4=O)c[nH]c2n1. The van der Waals surface area contributed by atoms with Gasteiger partial charge >= 0.3 is 0 Å². The summed E-state index contributed by atoms with van der Waals surface area (Å²) in [7, 11) is 0. The topological polar surface area (TPSA) is 67.0 Å². The standard InChI is InChI=1S/C18H17N3O2/c1-2-23-16-6-5-14-15(10-20-17(14)21-16)11-3-4-13-12(9-11)7-8-19-18(13)22/h3-6,9-10H,2,7-8H2,1H3,(H,19,22)(H,20,21). The molecule has 0 fully saturated rings. The second kappa shape index (κ2) is 5.43. The van der Waals surface area contributed by atoms with Gasteiger partial charge in [0.05, 0.1) is 6.61 Å². The zero-order chi connectivity index (χ0) is 15.8. The number of amides is 1. The van der Waals surface area contributed by atoms with Gasteiger partial charge in [0, 0.05) is 35.3 Å².